The van der Waals surface area contributed by atoms with Crippen LogP contribution in [0.3, 0.4) is 0 Å². The largest absolute Gasteiger partial charge is 0.357 e. The van der Waals surface area contributed by atoms with Gasteiger partial charge in [0.15, 0.2) is 5.96 Å². The van der Waals surface area contributed by atoms with Crippen molar-refractivity contribution in [3.63, 3.8) is 0 Å². The fourth-order valence-corrected chi connectivity index (χ4v) is 3.99. The van der Waals surface area contributed by atoms with Crippen molar-refractivity contribution in [1.82, 2.24) is 30.5 Å². The molecule has 2 aromatic rings. The molecule has 3 rings (SSSR count). The van der Waals surface area contributed by atoms with E-state index < -0.39 is 0 Å². The van der Waals surface area contributed by atoms with Crippen molar-refractivity contribution in [2.45, 2.75) is 33.2 Å². The SMILES string of the molecule is CCNC(=NCc1nc(C(C)C)cs1)NCCN1CCN(c2ncccn2)CC1.I. The van der Waals surface area contributed by atoms with Crippen LogP contribution in [0.15, 0.2) is 28.8 Å². The van der Waals surface area contributed by atoms with Gasteiger partial charge in [0, 0.05) is 63.6 Å². The first-order chi connectivity index (χ1) is 14.2. The minimum atomic E-state index is 0. The Bertz CT molecular complexity index is 759. The van der Waals surface area contributed by atoms with Gasteiger partial charge in [-0.15, -0.1) is 35.3 Å². The smallest absolute Gasteiger partial charge is 0.225 e. The molecule has 0 spiro atoms. The third-order valence-electron chi connectivity index (χ3n) is 4.81. The van der Waals surface area contributed by atoms with Crippen molar-refractivity contribution in [2.75, 3.05) is 50.7 Å². The number of hydrogen-bond donors (Lipinski definition) is 2. The molecule has 0 saturated carbocycles. The van der Waals surface area contributed by atoms with Crippen molar-refractivity contribution in [2.24, 2.45) is 4.99 Å². The maximum absolute atomic E-state index is 4.69. The molecule has 1 aliphatic heterocycles. The van der Waals surface area contributed by atoms with Crippen LogP contribution in [0.25, 0.3) is 0 Å². The quantitative estimate of drug-likeness (QED) is 0.301. The first-order valence-corrected chi connectivity index (χ1v) is 11.2. The predicted molar refractivity (Wildman–Crippen MR) is 135 cm³/mol. The van der Waals surface area contributed by atoms with Crippen molar-refractivity contribution < 1.29 is 0 Å². The summed E-state index contributed by atoms with van der Waals surface area (Å²) in [6.07, 6.45) is 3.60. The molecular formula is C20H33IN8S. The van der Waals surface area contributed by atoms with Crippen molar-refractivity contribution >= 4 is 47.2 Å². The molecule has 0 atom stereocenters. The lowest BCUT2D eigenvalue weighted by Gasteiger charge is -2.34. The molecule has 1 fully saturated rings. The van der Waals surface area contributed by atoms with E-state index in [2.05, 4.69) is 66.5 Å². The van der Waals surface area contributed by atoms with Crippen LogP contribution in [0.5, 0.6) is 0 Å². The second-order valence-corrected chi connectivity index (χ2v) is 8.26. The maximum atomic E-state index is 4.69. The number of piperazine rings is 1. The van der Waals surface area contributed by atoms with E-state index in [9.17, 15) is 0 Å². The molecule has 0 radical (unpaired) electrons. The fourth-order valence-electron chi connectivity index (χ4n) is 3.11. The summed E-state index contributed by atoms with van der Waals surface area (Å²) in [5.74, 6) is 2.14. The lowest BCUT2D eigenvalue weighted by atomic mass is 10.2. The zero-order valence-corrected chi connectivity index (χ0v) is 21.2. The molecule has 1 aliphatic rings. The van der Waals surface area contributed by atoms with Crippen molar-refractivity contribution in [3.8, 4) is 0 Å². The minimum absolute atomic E-state index is 0. The van der Waals surface area contributed by atoms with E-state index in [-0.39, 0.29) is 24.0 Å². The van der Waals surface area contributed by atoms with Crippen LogP contribution in [-0.2, 0) is 6.54 Å². The van der Waals surface area contributed by atoms with Gasteiger partial charge in [0.05, 0.1) is 12.2 Å². The highest BCUT2D eigenvalue weighted by Gasteiger charge is 2.18. The highest BCUT2D eigenvalue weighted by Crippen LogP contribution is 2.18. The highest BCUT2D eigenvalue weighted by atomic mass is 127. The van der Waals surface area contributed by atoms with E-state index >= 15 is 0 Å². The Morgan fingerprint density at radius 1 is 1.17 bits per heavy atom. The number of aliphatic imine (C=N–C) groups is 1. The average molecular weight is 545 g/mol. The number of aromatic nitrogens is 3. The predicted octanol–water partition coefficient (Wildman–Crippen LogP) is 2.55. The van der Waals surface area contributed by atoms with Gasteiger partial charge in [-0.05, 0) is 18.9 Å². The number of guanidine groups is 1. The van der Waals surface area contributed by atoms with Crippen LogP contribution < -0.4 is 15.5 Å². The normalized spacial score (nSPS) is 15.2. The van der Waals surface area contributed by atoms with Crippen LogP contribution in [-0.4, -0.2) is 71.6 Å². The summed E-state index contributed by atoms with van der Waals surface area (Å²) in [6.45, 7) is 13.7. The lowest BCUT2D eigenvalue weighted by Crippen LogP contribution is -2.49. The zero-order valence-electron chi connectivity index (χ0n) is 18.0. The summed E-state index contributed by atoms with van der Waals surface area (Å²) < 4.78 is 0. The Labute approximate surface area is 200 Å². The maximum Gasteiger partial charge on any atom is 0.225 e. The molecule has 0 bridgehead atoms. The van der Waals surface area contributed by atoms with Gasteiger partial charge in [0.2, 0.25) is 5.95 Å². The van der Waals surface area contributed by atoms with Gasteiger partial charge in [-0.25, -0.2) is 19.9 Å². The van der Waals surface area contributed by atoms with Crippen molar-refractivity contribution in [1.29, 1.82) is 0 Å². The number of nitrogens with zero attached hydrogens (tertiary/aromatic N) is 6. The van der Waals surface area contributed by atoms with Crippen LogP contribution in [0.4, 0.5) is 5.95 Å². The molecule has 3 heterocycles. The Morgan fingerprint density at radius 3 is 2.53 bits per heavy atom. The van der Waals surface area contributed by atoms with E-state index in [0.717, 1.165) is 68.4 Å². The second kappa shape index (κ2) is 13.0. The number of anilines is 1. The fraction of sp³-hybridized carbons (Fsp3) is 0.600. The van der Waals surface area contributed by atoms with E-state index in [4.69, 9.17) is 0 Å². The summed E-state index contributed by atoms with van der Waals surface area (Å²) in [6, 6.07) is 1.85. The highest BCUT2D eigenvalue weighted by molar-refractivity contribution is 14.0. The van der Waals surface area contributed by atoms with Gasteiger partial charge < -0.3 is 15.5 Å². The molecule has 30 heavy (non-hydrogen) atoms. The summed E-state index contributed by atoms with van der Waals surface area (Å²) >= 11 is 1.69. The standard InChI is InChI=1S/C20H32N8S.HI/c1-4-21-19(25-14-18-26-17(15-29-18)16(2)3)22-8-9-27-10-12-28(13-11-27)20-23-6-5-7-24-20;/h5-7,15-16H,4,8-14H2,1-3H3,(H2,21,22,25);1H. The van der Waals surface area contributed by atoms with Crippen LogP contribution in [0.1, 0.15) is 37.4 Å². The van der Waals surface area contributed by atoms with E-state index in [0.29, 0.717) is 12.5 Å². The van der Waals surface area contributed by atoms with Gasteiger partial charge in [-0.2, -0.15) is 0 Å². The van der Waals surface area contributed by atoms with Gasteiger partial charge in [0.25, 0.3) is 0 Å². The van der Waals surface area contributed by atoms with Gasteiger partial charge >= 0.3 is 0 Å². The topological polar surface area (TPSA) is 81.6 Å². The Morgan fingerprint density at radius 2 is 1.90 bits per heavy atom. The molecule has 2 N–H and O–H groups in total. The van der Waals surface area contributed by atoms with Crippen LogP contribution >= 0.6 is 35.3 Å². The Balaban J connectivity index is 0.00000320. The third-order valence-corrected chi connectivity index (χ3v) is 5.66. The van der Waals surface area contributed by atoms with Crippen LogP contribution in [0.2, 0.25) is 0 Å². The molecule has 10 heteroatoms. The second-order valence-electron chi connectivity index (χ2n) is 7.32. The van der Waals surface area contributed by atoms with Crippen molar-refractivity contribution in [3.05, 3.63) is 34.5 Å². The van der Waals surface area contributed by atoms with Gasteiger partial charge in [-0.3, -0.25) is 4.90 Å². The third kappa shape index (κ3) is 7.62. The summed E-state index contributed by atoms with van der Waals surface area (Å²) in [5.41, 5.74) is 1.15. The summed E-state index contributed by atoms with van der Waals surface area (Å²) in [5, 5.41) is 9.96. The Hall–Kier alpha value is -1.53. The van der Waals surface area contributed by atoms with Gasteiger partial charge in [0.1, 0.15) is 5.01 Å². The molecule has 1 saturated heterocycles. The van der Waals surface area contributed by atoms with E-state index in [1.54, 1.807) is 23.7 Å². The number of hydrogen-bond acceptors (Lipinski definition) is 7. The number of nitrogens with one attached hydrogen (secondary N) is 2. The Kier molecular flexibility index (Phi) is 10.7. The minimum Gasteiger partial charge on any atom is -0.357 e. The first kappa shape index (κ1) is 24.7. The molecule has 2 aromatic heterocycles. The molecule has 0 unspecified atom stereocenters. The molecule has 8 nitrogen and oxygen atoms in total. The van der Waals surface area contributed by atoms with E-state index in [1.807, 2.05) is 6.07 Å². The molecule has 0 aromatic carbocycles. The first-order valence-electron chi connectivity index (χ1n) is 10.4. The molecule has 0 aliphatic carbocycles. The molecule has 166 valence electrons. The molecular weight excluding hydrogens is 511 g/mol. The molecule has 0 amide bonds. The zero-order chi connectivity index (χ0) is 20.5. The summed E-state index contributed by atoms with van der Waals surface area (Å²) in [7, 11) is 0. The number of halogens is 1. The lowest BCUT2D eigenvalue weighted by molar-refractivity contribution is 0.260. The number of rotatable bonds is 8. The van der Waals surface area contributed by atoms with E-state index in [1.165, 1.54) is 0 Å². The van der Waals surface area contributed by atoms with Gasteiger partial charge in [-0.1, -0.05) is 13.8 Å². The average Bonchev–Trinajstić information content (AvgIpc) is 3.23. The monoisotopic (exact) mass is 544 g/mol. The summed E-state index contributed by atoms with van der Waals surface area (Å²) in [4.78, 5) is 22.8. The number of thiazole rings is 1. The van der Waals surface area contributed by atoms with Crippen LogP contribution in [0, 0.1) is 0 Å².